The average Bonchev–Trinajstić information content (AvgIpc) is 3.12. The van der Waals surface area contributed by atoms with E-state index in [1.165, 1.54) is 18.3 Å². The van der Waals surface area contributed by atoms with Crippen molar-refractivity contribution in [2.45, 2.75) is 6.92 Å². The lowest BCUT2D eigenvalue weighted by Gasteiger charge is -2.11. The minimum Gasteiger partial charge on any atom is -0.497 e. The van der Waals surface area contributed by atoms with Crippen LogP contribution in [0.5, 0.6) is 11.5 Å². The topological polar surface area (TPSA) is 60.5 Å². The molecule has 1 aromatic heterocycles. The van der Waals surface area contributed by atoms with Gasteiger partial charge in [0, 0.05) is 13.1 Å². The van der Waals surface area contributed by atoms with Crippen molar-refractivity contribution in [1.29, 1.82) is 0 Å². The Labute approximate surface area is 168 Å². The number of hydrogen-bond acceptors (Lipinski definition) is 5. The summed E-state index contributed by atoms with van der Waals surface area (Å²) >= 11 is 11.2. The lowest BCUT2D eigenvalue weighted by molar-refractivity contribution is -0.125. The summed E-state index contributed by atoms with van der Waals surface area (Å²) in [6.07, 6.45) is 1.79. The van der Waals surface area contributed by atoms with E-state index in [0.717, 1.165) is 16.2 Å². The molecule has 0 aliphatic heterocycles. The molecular weight excluding hydrogens is 440 g/mol. The number of hydroxylamine groups is 1. The molecule has 0 aliphatic carbocycles. The van der Waals surface area contributed by atoms with Crippen LogP contribution in [0.3, 0.4) is 0 Å². The maximum absolute atomic E-state index is 11.2. The number of nitrogens with zero attached hydrogens (tertiary/aromatic N) is 1. The number of hydrogen-bond donors (Lipinski definition) is 1. The Bertz CT molecular complexity index is 944. The van der Waals surface area contributed by atoms with E-state index in [9.17, 15) is 4.79 Å². The van der Waals surface area contributed by atoms with Gasteiger partial charge in [0.15, 0.2) is 5.75 Å². The first kappa shape index (κ1) is 18.7. The standard InChI is InChI=1S/C18H14BrClN2O3S/c1-10(23)22-25-14-8-7-13(20)17(19)16(14)18-21-9-15(26-18)11-3-5-12(24-2)6-4-11/h3-9H,1-2H3,(H,22,23). The van der Waals surface area contributed by atoms with Crippen LogP contribution in [0.4, 0.5) is 0 Å². The second-order valence-electron chi connectivity index (χ2n) is 5.25. The number of methoxy groups -OCH3 is 1. The van der Waals surface area contributed by atoms with Crippen LogP contribution >= 0.6 is 38.9 Å². The zero-order valence-electron chi connectivity index (χ0n) is 13.9. The Morgan fingerprint density at radius 2 is 1.96 bits per heavy atom. The Morgan fingerprint density at radius 3 is 2.62 bits per heavy atom. The van der Waals surface area contributed by atoms with Crippen molar-refractivity contribution in [3.8, 4) is 32.5 Å². The summed E-state index contributed by atoms with van der Waals surface area (Å²) in [6, 6.07) is 11.1. The molecular formula is C18H14BrClN2O3S. The van der Waals surface area contributed by atoms with Crippen molar-refractivity contribution in [2.75, 3.05) is 7.11 Å². The number of aromatic nitrogens is 1. The molecule has 1 heterocycles. The molecule has 26 heavy (non-hydrogen) atoms. The largest absolute Gasteiger partial charge is 0.497 e. The monoisotopic (exact) mass is 452 g/mol. The molecule has 0 saturated heterocycles. The third-order valence-corrected chi connectivity index (χ3v) is 5.89. The molecule has 3 aromatic rings. The smallest absolute Gasteiger partial charge is 0.249 e. The maximum atomic E-state index is 11.2. The molecule has 2 aromatic carbocycles. The zero-order valence-corrected chi connectivity index (χ0v) is 17.0. The van der Waals surface area contributed by atoms with E-state index in [2.05, 4.69) is 26.4 Å². The molecule has 3 rings (SSSR count). The van der Waals surface area contributed by atoms with Gasteiger partial charge < -0.3 is 9.57 Å². The second-order valence-corrected chi connectivity index (χ2v) is 7.48. The number of carbonyl (C=O) groups excluding carboxylic acids is 1. The fourth-order valence-electron chi connectivity index (χ4n) is 2.22. The number of nitrogens with one attached hydrogen (secondary N) is 1. The Kier molecular flexibility index (Phi) is 5.80. The van der Waals surface area contributed by atoms with E-state index in [1.807, 2.05) is 24.3 Å². The molecule has 1 N–H and O–H groups in total. The highest BCUT2D eigenvalue weighted by Gasteiger charge is 2.18. The van der Waals surface area contributed by atoms with Gasteiger partial charge in [-0.15, -0.1) is 11.3 Å². The molecule has 134 valence electrons. The van der Waals surface area contributed by atoms with Crippen LogP contribution in [0.15, 0.2) is 47.1 Å². The number of ether oxygens (including phenoxy) is 1. The second kappa shape index (κ2) is 8.07. The van der Waals surface area contributed by atoms with Gasteiger partial charge >= 0.3 is 0 Å². The van der Waals surface area contributed by atoms with Gasteiger partial charge in [0.1, 0.15) is 10.8 Å². The van der Waals surface area contributed by atoms with Gasteiger partial charge in [-0.1, -0.05) is 11.6 Å². The number of thiazole rings is 1. The van der Waals surface area contributed by atoms with Crippen LogP contribution in [-0.4, -0.2) is 18.0 Å². The lowest BCUT2D eigenvalue weighted by Crippen LogP contribution is -2.24. The molecule has 0 spiro atoms. The van der Waals surface area contributed by atoms with Crippen molar-refractivity contribution in [3.63, 3.8) is 0 Å². The van der Waals surface area contributed by atoms with E-state index < -0.39 is 0 Å². The third-order valence-electron chi connectivity index (χ3n) is 3.46. The molecule has 1 amide bonds. The SMILES string of the molecule is COc1ccc(-c2cnc(-c3c(ONC(C)=O)ccc(Cl)c3Br)s2)cc1. The average molecular weight is 454 g/mol. The Hall–Kier alpha value is -2.09. The number of amides is 1. The number of halogens is 2. The molecule has 0 fully saturated rings. The molecule has 0 unspecified atom stereocenters. The summed E-state index contributed by atoms with van der Waals surface area (Å²) in [6.45, 7) is 1.37. The molecule has 0 aliphatic rings. The predicted molar refractivity (Wildman–Crippen MR) is 107 cm³/mol. The summed E-state index contributed by atoms with van der Waals surface area (Å²) < 4.78 is 5.84. The van der Waals surface area contributed by atoms with Gasteiger partial charge in [-0.05, 0) is 57.9 Å². The summed E-state index contributed by atoms with van der Waals surface area (Å²) in [5.74, 6) is 0.939. The molecule has 0 radical (unpaired) electrons. The zero-order chi connectivity index (χ0) is 18.7. The van der Waals surface area contributed by atoms with E-state index in [0.29, 0.717) is 25.8 Å². The predicted octanol–water partition coefficient (Wildman–Crippen LogP) is 5.33. The van der Waals surface area contributed by atoms with Gasteiger partial charge in [0.25, 0.3) is 0 Å². The highest BCUT2D eigenvalue weighted by molar-refractivity contribution is 9.10. The summed E-state index contributed by atoms with van der Waals surface area (Å²) in [5, 5.41) is 1.24. The van der Waals surface area contributed by atoms with Crippen molar-refractivity contribution in [2.24, 2.45) is 0 Å². The minimum absolute atomic E-state index is 0.305. The fourth-order valence-corrected chi connectivity index (χ4v) is 4.00. The van der Waals surface area contributed by atoms with Crippen molar-refractivity contribution in [1.82, 2.24) is 10.5 Å². The molecule has 0 saturated carbocycles. The number of benzene rings is 2. The Morgan fingerprint density at radius 1 is 1.23 bits per heavy atom. The van der Waals surface area contributed by atoms with Gasteiger partial charge in [0.05, 0.1) is 27.0 Å². The summed E-state index contributed by atoms with van der Waals surface area (Å²) in [5.41, 5.74) is 4.03. The van der Waals surface area contributed by atoms with Crippen molar-refractivity contribution >= 4 is 44.8 Å². The first-order valence-electron chi connectivity index (χ1n) is 7.51. The van der Waals surface area contributed by atoms with E-state index in [-0.39, 0.29) is 5.91 Å². The highest BCUT2D eigenvalue weighted by Crippen LogP contribution is 2.43. The van der Waals surface area contributed by atoms with Crippen LogP contribution < -0.4 is 15.1 Å². The minimum atomic E-state index is -0.305. The fraction of sp³-hybridized carbons (Fsp3) is 0.111. The van der Waals surface area contributed by atoms with Crippen LogP contribution in [0.2, 0.25) is 5.02 Å². The van der Waals surface area contributed by atoms with E-state index in [1.54, 1.807) is 25.4 Å². The van der Waals surface area contributed by atoms with Gasteiger partial charge in [-0.25, -0.2) is 4.98 Å². The first-order valence-corrected chi connectivity index (χ1v) is 9.50. The first-order chi connectivity index (χ1) is 12.5. The molecule has 0 atom stereocenters. The summed E-state index contributed by atoms with van der Waals surface area (Å²) in [7, 11) is 1.63. The van der Waals surface area contributed by atoms with Crippen LogP contribution in [0.1, 0.15) is 6.92 Å². The van der Waals surface area contributed by atoms with Crippen molar-refractivity contribution in [3.05, 3.63) is 52.1 Å². The molecule has 8 heteroatoms. The van der Waals surface area contributed by atoms with Gasteiger partial charge in [0.2, 0.25) is 5.91 Å². The van der Waals surface area contributed by atoms with Crippen LogP contribution in [0.25, 0.3) is 21.0 Å². The number of carbonyl (C=O) groups is 1. The normalized spacial score (nSPS) is 10.5. The molecule has 0 bridgehead atoms. The van der Waals surface area contributed by atoms with Gasteiger partial charge in [-0.2, -0.15) is 5.48 Å². The Balaban J connectivity index is 1.99. The highest BCUT2D eigenvalue weighted by atomic mass is 79.9. The number of rotatable bonds is 5. The van der Waals surface area contributed by atoms with Gasteiger partial charge in [-0.3, -0.25) is 4.79 Å². The maximum Gasteiger partial charge on any atom is 0.249 e. The summed E-state index contributed by atoms with van der Waals surface area (Å²) in [4.78, 5) is 22.0. The van der Waals surface area contributed by atoms with Crippen LogP contribution in [0, 0.1) is 0 Å². The molecule has 5 nitrogen and oxygen atoms in total. The van der Waals surface area contributed by atoms with E-state index >= 15 is 0 Å². The van der Waals surface area contributed by atoms with Crippen LogP contribution in [-0.2, 0) is 4.79 Å². The quantitative estimate of drug-likeness (QED) is 0.530. The lowest BCUT2D eigenvalue weighted by atomic mass is 10.2. The third kappa shape index (κ3) is 4.00. The van der Waals surface area contributed by atoms with Crippen molar-refractivity contribution < 1.29 is 14.4 Å². The van der Waals surface area contributed by atoms with E-state index in [4.69, 9.17) is 21.2 Å².